The minimum Gasteiger partial charge on any atom is -0.395 e. The van der Waals surface area contributed by atoms with Gasteiger partial charge in [0.2, 0.25) is 5.91 Å². The monoisotopic (exact) mass is 248 g/mol. The lowest BCUT2D eigenvalue weighted by Gasteiger charge is -2.23. The van der Waals surface area contributed by atoms with E-state index in [1.54, 1.807) is 11.8 Å². The van der Waals surface area contributed by atoms with Gasteiger partial charge in [0.15, 0.2) is 0 Å². The molecule has 0 aromatic rings. The van der Waals surface area contributed by atoms with Crippen LogP contribution in [0, 0.1) is 5.92 Å². The summed E-state index contributed by atoms with van der Waals surface area (Å²) in [5, 5.41) is 12.1. The van der Waals surface area contributed by atoms with Gasteiger partial charge in [0, 0.05) is 17.2 Å². The number of nitrogens with one attached hydrogen (secondary N) is 1. The summed E-state index contributed by atoms with van der Waals surface area (Å²) in [6.07, 6.45) is 3.62. The van der Waals surface area contributed by atoms with Crippen LogP contribution in [0.25, 0.3) is 0 Å². The summed E-state index contributed by atoms with van der Waals surface area (Å²) >= 11 is 1.56. The third kappa shape index (κ3) is 5.72. The molecule has 3 atom stereocenters. The third-order valence-corrected chi connectivity index (χ3v) is 3.86. The second-order valence-electron chi connectivity index (χ2n) is 4.09. The Labute approximate surface area is 102 Å². The summed E-state index contributed by atoms with van der Waals surface area (Å²) in [6.45, 7) is 4.53. The zero-order chi connectivity index (χ0) is 12.6. The number of carbonyl (C=O) groups is 1. The van der Waals surface area contributed by atoms with Gasteiger partial charge in [-0.3, -0.25) is 4.79 Å². The Bertz CT molecular complexity index is 198. The lowest BCUT2D eigenvalue weighted by atomic mass is 10.0. The Hall–Kier alpha value is -0.260. The molecule has 0 saturated carbocycles. The summed E-state index contributed by atoms with van der Waals surface area (Å²) in [7, 11) is 0. The van der Waals surface area contributed by atoms with Crippen LogP contribution in [0.4, 0.5) is 0 Å². The highest BCUT2D eigenvalue weighted by Gasteiger charge is 2.20. The molecule has 0 aliphatic carbocycles. The van der Waals surface area contributed by atoms with E-state index >= 15 is 0 Å². The molecule has 5 heteroatoms. The molecule has 3 unspecified atom stereocenters. The predicted molar refractivity (Wildman–Crippen MR) is 69.4 cm³/mol. The topological polar surface area (TPSA) is 75.3 Å². The third-order valence-electron chi connectivity index (χ3n) is 2.70. The lowest BCUT2D eigenvalue weighted by molar-refractivity contribution is -0.125. The number of nitrogens with two attached hydrogens (primary N) is 1. The van der Waals surface area contributed by atoms with Crippen LogP contribution < -0.4 is 11.1 Å². The molecule has 0 heterocycles. The Kier molecular flexibility index (Phi) is 8.70. The van der Waals surface area contributed by atoms with Crippen LogP contribution in [-0.2, 0) is 4.79 Å². The molecule has 0 spiro atoms. The van der Waals surface area contributed by atoms with Gasteiger partial charge in [-0.2, -0.15) is 11.8 Å². The van der Waals surface area contributed by atoms with Crippen molar-refractivity contribution in [2.75, 3.05) is 19.4 Å². The first-order valence-electron chi connectivity index (χ1n) is 5.70. The van der Waals surface area contributed by atoms with E-state index in [9.17, 15) is 4.79 Å². The van der Waals surface area contributed by atoms with E-state index in [2.05, 4.69) is 5.32 Å². The Morgan fingerprint density at radius 1 is 1.50 bits per heavy atom. The molecule has 0 aromatic heterocycles. The van der Waals surface area contributed by atoms with Gasteiger partial charge in [0.1, 0.15) is 0 Å². The molecule has 96 valence electrons. The van der Waals surface area contributed by atoms with Crippen molar-refractivity contribution in [2.24, 2.45) is 11.7 Å². The van der Waals surface area contributed by atoms with E-state index in [4.69, 9.17) is 10.8 Å². The van der Waals surface area contributed by atoms with Gasteiger partial charge < -0.3 is 16.2 Å². The van der Waals surface area contributed by atoms with Crippen LogP contribution in [0.15, 0.2) is 0 Å². The maximum atomic E-state index is 11.8. The van der Waals surface area contributed by atoms with Gasteiger partial charge in [-0.05, 0) is 32.6 Å². The number of hydrogen-bond acceptors (Lipinski definition) is 4. The van der Waals surface area contributed by atoms with E-state index in [1.807, 2.05) is 20.1 Å². The number of hydrogen-bond donors (Lipinski definition) is 3. The maximum absolute atomic E-state index is 11.8. The smallest absolute Gasteiger partial charge is 0.223 e. The maximum Gasteiger partial charge on any atom is 0.223 e. The van der Waals surface area contributed by atoms with Crippen molar-refractivity contribution >= 4 is 17.7 Å². The van der Waals surface area contributed by atoms with Crippen LogP contribution in [0.2, 0.25) is 0 Å². The van der Waals surface area contributed by atoms with Crippen LogP contribution in [-0.4, -0.2) is 41.7 Å². The van der Waals surface area contributed by atoms with Crippen molar-refractivity contribution in [1.29, 1.82) is 0 Å². The molecule has 0 radical (unpaired) electrons. The number of carbonyl (C=O) groups excluding carboxylic acids is 1. The van der Waals surface area contributed by atoms with Crippen molar-refractivity contribution in [3.8, 4) is 0 Å². The molecule has 0 bridgehead atoms. The Morgan fingerprint density at radius 2 is 2.12 bits per heavy atom. The number of thioether (sulfide) groups is 1. The lowest BCUT2D eigenvalue weighted by Crippen LogP contribution is -2.43. The van der Waals surface area contributed by atoms with E-state index in [0.29, 0.717) is 6.54 Å². The van der Waals surface area contributed by atoms with Crippen molar-refractivity contribution in [3.63, 3.8) is 0 Å². The second-order valence-corrected chi connectivity index (χ2v) is 5.16. The van der Waals surface area contributed by atoms with Crippen LogP contribution >= 0.6 is 11.8 Å². The van der Waals surface area contributed by atoms with Crippen molar-refractivity contribution in [2.45, 2.75) is 38.0 Å². The summed E-state index contributed by atoms with van der Waals surface area (Å²) in [4.78, 5) is 11.8. The quantitative estimate of drug-likeness (QED) is 0.588. The standard InChI is InChI=1S/C11H24N2O2S/c1-8(5-4-6-12)11(15)13-9(2)10(7-14)16-3/h8-10,14H,4-7,12H2,1-3H3,(H,13,15). The van der Waals surface area contributed by atoms with Gasteiger partial charge in [0.05, 0.1) is 6.61 Å². The largest absolute Gasteiger partial charge is 0.395 e. The molecule has 4 N–H and O–H groups in total. The number of aliphatic hydroxyl groups is 1. The summed E-state index contributed by atoms with van der Waals surface area (Å²) in [5.74, 6) is 0.0423. The van der Waals surface area contributed by atoms with Crippen molar-refractivity contribution in [3.05, 3.63) is 0 Å². The first-order valence-corrected chi connectivity index (χ1v) is 6.99. The molecule has 0 fully saturated rings. The molecule has 4 nitrogen and oxygen atoms in total. The minimum absolute atomic E-state index is 0.00664. The summed E-state index contributed by atoms with van der Waals surface area (Å²) in [5.41, 5.74) is 5.40. The summed E-state index contributed by atoms with van der Waals surface area (Å²) in [6, 6.07) is -0.00664. The Morgan fingerprint density at radius 3 is 2.56 bits per heavy atom. The fraction of sp³-hybridized carbons (Fsp3) is 0.909. The van der Waals surface area contributed by atoms with Crippen LogP contribution in [0.1, 0.15) is 26.7 Å². The highest BCUT2D eigenvalue weighted by Crippen LogP contribution is 2.12. The molecule has 0 aliphatic rings. The Balaban J connectivity index is 4.01. The highest BCUT2D eigenvalue weighted by atomic mass is 32.2. The van der Waals surface area contributed by atoms with E-state index in [-0.39, 0.29) is 29.7 Å². The van der Waals surface area contributed by atoms with E-state index in [1.165, 1.54) is 0 Å². The number of rotatable bonds is 8. The van der Waals surface area contributed by atoms with Crippen molar-refractivity contribution in [1.82, 2.24) is 5.32 Å². The van der Waals surface area contributed by atoms with E-state index in [0.717, 1.165) is 12.8 Å². The van der Waals surface area contributed by atoms with E-state index < -0.39 is 0 Å². The molecule has 0 saturated heterocycles. The van der Waals surface area contributed by atoms with Crippen molar-refractivity contribution < 1.29 is 9.90 Å². The zero-order valence-corrected chi connectivity index (χ0v) is 11.2. The first-order chi connectivity index (χ1) is 7.56. The molecular formula is C11H24N2O2S. The van der Waals surface area contributed by atoms with Gasteiger partial charge in [0.25, 0.3) is 0 Å². The van der Waals surface area contributed by atoms with Gasteiger partial charge in [-0.15, -0.1) is 0 Å². The predicted octanol–water partition coefficient (Wildman–Crippen LogP) is 0.590. The van der Waals surface area contributed by atoms with Gasteiger partial charge >= 0.3 is 0 Å². The minimum atomic E-state index is -0.00722. The number of aliphatic hydroxyl groups excluding tert-OH is 1. The summed E-state index contributed by atoms with van der Waals surface area (Å²) < 4.78 is 0. The zero-order valence-electron chi connectivity index (χ0n) is 10.4. The molecular weight excluding hydrogens is 224 g/mol. The van der Waals surface area contributed by atoms with Gasteiger partial charge in [-0.25, -0.2) is 0 Å². The molecule has 0 aliphatic heterocycles. The molecule has 16 heavy (non-hydrogen) atoms. The second kappa shape index (κ2) is 8.84. The van der Waals surface area contributed by atoms with Gasteiger partial charge in [-0.1, -0.05) is 6.92 Å². The van der Waals surface area contributed by atoms with Crippen LogP contribution in [0.3, 0.4) is 0 Å². The van der Waals surface area contributed by atoms with Crippen LogP contribution in [0.5, 0.6) is 0 Å². The molecule has 0 rings (SSSR count). The normalized spacial score (nSPS) is 16.6. The SMILES string of the molecule is CSC(CO)C(C)NC(=O)C(C)CCCN. The molecule has 0 aromatic carbocycles. The fourth-order valence-corrected chi connectivity index (χ4v) is 2.08. The fourth-order valence-electron chi connectivity index (χ4n) is 1.45. The number of amides is 1. The molecule has 1 amide bonds. The highest BCUT2D eigenvalue weighted by molar-refractivity contribution is 7.99. The average Bonchev–Trinajstić information content (AvgIpc) is 2.27. The first kappa shape index (κ1) is 15.7. The average molecular weight is 248 g/mol.